The highest BCUT2D eigenvalue weighted by molar-refractivity contribution is 6.01. The molecule has 0 radical (unpaired) electrons. The molecule has 6 heteroatoms. The first kappa shape index (κ1) is 17.1. The Hall–Kier alpha value is -2.24. The smallest absolute Gasteiger partial charge is 0.227 e. The van der Waals surface area contributed by atoms with Crippen LogP contribution in [0.3, 0.4) is 0 Å². The highest BCUT2D eigenvalue weighted by Gasteiger charge is 2.37. The van der Waals surface area contributed by atoms with Gasteiger partial charge in [-0.2, -0.15) is 0 Å². The number of benzene rings is 1. The van der Waals surface area contributed by atoms with Gasteiger partial charge in [0.2, 0.25) is 11.8 Å². The number of rotatable bonds is 6. The SMILES string of the molecule is CCN(CC)C(=O)[C@H]1CC(=O)N(c2cc(OC)ccc2OC)C1. The second-order valence-corrected chi connectivity index (χ2v) is 5.45. The fraction of sp³-hybridized carbons (Fsp3) is 0.529. The van der Waals surface area contributed by atoms with E-state index in [0.717, 1.165) is 0 Å². The highest BCUT2D eigenvalue weighted by Crippen LogP contribution is 2.36. The topological polar surface area (TPSA) is 59.1 Å². The minimum absolute atomic E-state index is 0.0349. The van der Waals surface area contributed by atoms with E-state index in [-0.39, 0.29) is 24.2 Å². The monoisotopic (exact) mass is 320 g/mol. The predicted octanol–water partition coefficient (Wildman–Crippen LogP) is 1.93. The number of hydrogen-bond acceptors (Lipinski definition) is 4. The van der Waals surface area contributed by atoms with E-state index in [1.165, 1.54) is 0 Å². The summed E-state index contributed by atoms with van der Waals surface area (Å²) >= 11 is 0. The molecule has 1 aliphatic rings. The molecule has 1 aliphatic heterocycles. The zero-order valence-electron chi connectivity index (χ0n) is 14.2. The quantitative estimate of drug-likeness (QED) is 0.803. The van der Waals surface area contributed by atoms with Crippen molar-refractivity contribution in [3.8, 4) is 11.5 Å². The van der Waals surface area contributed by atoms with Crippen molar-refractivity contribution in [3.05, 3.63) is 18.2 Å². The number of methoxy groups -OCH3 is 2. The van der Waals surface area contributed by atoms with Gasteiger partial charge in [-0.3, -0.25) is 9.59 Å². The average molecular weight is 320 g/mol. The summed E-state index contributed by atoms with van der Waals surface area (Å²) in [6.45, 7) is 5.57. The van der Waals surface area contributed by atoms with Gasteiger partial charge in [0.1, 0.15) is 11.5 Å². The maximum Gasteiger partial charge on any atom is 0.227 e. The van der Waals surface area contributed by atoms with Gasteiger partial charge in [0.25, 0.3) is 0 Å². The van der Waals surface area contributed by atoms with Crippen LogP contribution < -0.4 is 14.4 Å². The van der Waals surface area contributed by atoms with Crippen LogP contribution in [0.15, 0.2) is 18.2 Å². The van der Waals surface area contributed by atoms with Crippen LogP contribution in [-0.4, -0.2) is 50.6 Å². The standard InChI is InChI=1S/C17H24N2O4/c1-5-18(6-2)17(21)12-9-16(20)19(11-12)14-10-13(22-3)7-8-15(14)23-4/h7-8,10,12H,5-6,9,11H2,1-4H3/t12-/m0/s1. The molecule has 6 nitrogen and oxygen atoms in total. The van der Waals surface area contributed by atoms with Gasteiger partial charge < -0.3 is 19.3 Å². The lowest BCUT2D eigenvalue weighted by Crippen LogP contribution is -2.37. The van der Waals surface area contributed by atoms with E-state index in [4.69, 9.17) is 9.47 Å². The molecule has 2 amide bonds. The van der Waals surface area contributed by atoms with E-state index >= 15 is 0 Å². The maximum absolute atomic E-state index is 12.5. The van der Waals surface area contributed by atoms with Crippen molar-refractivity contribution in [2.75, 3.05) is 38.8 Å². The molecule has 23 heavy (non-hydrogen) atoms. The van der Waals surface area contributed by atoms with Crippen LogP contribution in [0, 0.1) is 5.92 Å². The molecule has 0 unspecified atom stereocenters. The summed E-state index contributed by atoms with van der Waals surface area (Å²) < 4.78 is 10.6. The Kier molecular flexibility index (Phi) is 5.47. The molecule has 126 valence electrons. The Labute approximate surface area is 137 Å². The van der Waals surface area contributed by atoms with Gasteiger partial charge in [-0.15, -0.1) is 0 Å². The van der Waals surface area contributed by atoms with Crippen LogP contribution in [0.25, 0.3) is 0 Å². The summed E-state index contributed by atoms with van der Waals surface area (Å²) in [6.07, 6.45) is 0.232. The number of nitrogens with zero attached hydrogens (tertiary/aromatic N) is 2. The second kappa shape index (κ2) is 7.35. The average Bonchev–Trinajstić information content (AvgIpc) is 2.96. The molecule has 1 aromatic carbocycles. The van der Waals surface area contributed by atoms with Crippen LogP contribution in [0.1, 0.15) is 20.3 Å². The minimum atomic E-state index is -0.307. The first-order chi connectivity index (χ1) is 11.0. The van der Waals surface area contributed by atoms with E-state index in [9.17, 15) is 9.59 Å². The van der Waals surface area contributed by atoms with Crippen molar-refractivity contribution in [2.45, 2.75) is 20.3 Å². The molecule has 0 aliphatic carbocycles. The Morgan fingerprint density at radius 2 is 1.96 bits per heavy atom. The van der Waals surface area contributed by atoms with E-state index in [0.29, 0.717) is 36.8 Å². The third-order valence-corrected chi connectivity index (χ3v) is 4.23. The molecule has 0 bridgehead atoms. The Balaban J connectivity index is 2.25. The van der Waals surface area contributed by atoms with Gasteiger partial charge in [0.15, 0.2) is 0 Å². The van der Waals surface area contributed by atoms with Gasteiger partial charge in [-0.1, -0.05) is 0 Å². The number of amides is 2. The van der Waals surface area contributed by atoms with Crippen LogP contribution in [-0.2, 0) is 9.59 Å². The third kappa shape index (κ3) is 3.41. The van der Waals surface area contributed by atoms with E-state index in [1.54, 1.807) is 42.2 Å². The van der Waals surface area contributed by atoms with Gasteiger partial charge in [0, 0.05) is 32.1 Å². The lowest BCUT2D eigenvalue weighted by molar-refractivity contribution is -0.135. The zero-order valence-corrected chi connectivity index (χ0v) is 14.2. The maximum atomic E-state index is 12.5. The predicted molar refractivity (Wildman–Crippen MR) is 87.9 cm³/mol. The van der Waals surface area contributed by atoms with Crippen LogP contribution in [0.2, 0.25) is 0 Å². The molecule has 0 spiro atoms. The van der Waals surface area contributed by atoms with E-state index in [2.05, 4.69) is 0 Å². The van der Waals surface area contributed by atoms with E-state index in [1.807, 2.05) is 13.8 Å². The molecular weight excluding hydrogens is 296 g/mol. The molecule has 1 saturated heterocycles. The summed E-state index contributed by atoms with van der Waals surface area (Å²) in [6, 6.07) is 5.31. The van der Waals surface area contributed by atoms with Crippen molar-refractivity contribution in [1.82, 2.24) is 4.90 Å². The van der Waals surface area contributed by atoms with Crippen molar-refractivity contribution >= 4 is 17.5 Å². The van der Waals surface area contributed by atoms with Gasteiger partial charge >= 0.3 is 0 Å². The number of hydrogen-bond donors (Lipinski definition) is 0. The second-order valence-electron chi connectivity index (χ2n) is 5.45. The van der Waals surface area contributed by atoms with Crippen molar-refractivity contribution < 1.29 is 19.1 Å². The Morgan fingerprint density at radius 1 is 1.26 bits per heavy atom. The molecular formula is C17H24N2O4. The number of ether oxygens (including phenoxy) is 2. The molecule has 0 saturated carbocycles. The van der Waals surface area contributed by atoms with Gasteiger partial charge in [0.05, 0.1) is 25.8 Å². The molecule has 0 aromatic heterocycles. The first-order valence-corrected chi connectivity index (χ1v) is 7.86. The largest absolute Gasteiger partial charge is 0.497 e. The minimum Gasteiger partial charge on any atom is -0.497 e. The van der Waals surface area contributed by atoms with Crippen LogP contribution in [0.5, 0.6) is 11.5 Å². The van der Waals surface area contributed by atoms with Crippen LogP contribution in [0.4, 0.5) is 5.69 Å². The third-order valence-electron chi connectivity index (χ3n) is 4.23. The lowest BCUT2D eigenvalue weighted by atomic mass is 10.1. The summed E-state index contributed by atoms with van der Waals surface area (Å²) in [7, 11) is 3.13. The molecule has 0 N–H and O–H groups in total. The van der Waals surface area contributed by atoms with Crippen molar-refractivity contribution in [1.29, 1.82) is 0 Å². The molecule has 2 rings (SSSR count). The molecule has 1 atom stereocenters. The summed E-state index contributed by atoms with van der Waals surface area (Å²) in [4.78, 5) is 28.3. The first-order valence-electron chi connectivity index (χ1n) is 7.86. The fourth-order valence-electron chi connectivity index (χ4n) is 2.91. The zero-order chi connectivity index (χ0) is 17.0. The Morgan fingerprint density at radius 3 is 2.52 bits per heavy atom. The van der Waals surface area contributed by atoms with Crippen LogP contribution >= 0.6 is 0 Å². The van der Waals surface area contributed by atoms with Crippen molar-refractivity contribution in [3.63, 3.8) is 0 Å². The van der Waals surface area contributed by atoms with Gasteiger partial charge in [-0.05, 0) is 26.0 Å². The Bertz CT molecular complexity index is 584. The highest BCUT2D eigenvalue weighted by atomic mass is 16.5. The normalized spacial score (nSPS) is 17.3. The lowest BCUT2D eigenvalue weighted by Gasteiger charge is -2.23. The molecule has 1 heterocycles. The number of carbonyl (C=O) groups excluding carboxylic acids is 2. The fourth-order valence-corrected chi connectivity index (χ4v) is 2.91. The summed E-state index contributed by atoms with van der Waals surface area (Å²) in [5.41, 5.74) is 0.645. The molecule has 1 aromatic rings. The molecule has 1 fully saturated rings. The summed E-state index contributed by atoms with van der Waals surface area (Å²) in [5.74, 6) is 0.898. The van der Waals surface area contributed by atoms with Gasteiger partial charge in [-0.25, -0.2) is 0 Å². The van der Waals surface area contributed by atoms with Crippen molar-refractivity contribution in [2.24, 2.45) is 5.92 Å². The van der Waals surface area contributed by atoms with E-state index < -0.39 is 0 Å². The number of anilines is 1. The number of carbonyl (C=O) groups is 2. The summed E-state index contributed by atoms with van der Waals surface area (Å²) in [5, 5.41) is 0.